The van der Waals surface area contributed by atoms with E-state index in [0.717, 1.165) is 23.9 Å². The molecule has 2 aromatic carbocycles. The Morgan fingerprint density at radius 3 is 1.86 bits per heavy atom. The number of ether oxygens (including phenoxy) is 1. The minimum Gasteiger partial charge on any atom is -0.466 e. The Hall–Kier alpha value is -2.25. The molecule has 0 aromatic heterocycles. The molecule has 3 rings (SSSR count). The predicted molar refractivity (Wildman–Crippen MR) is 148 cm³/mol. The summed E-state index contributed by atoms with van der Waals surface area (Å²) in [7, 11) is -1.16. The Morgan fingerprint density at radius 2 is 1.36 bits per heavy atom. The van der Waals surface area contributed by atoms with E-state index >= 15 is 0 Å². The monoisotopic (exact) mass is 510 g/mol. The zero-order valence-electron chi connectivity index (χ0n) is 22.3. The second-order valence-corrected chi connectivity index (χ2v) is 12.1. The van der Waals surface area contributed by atoms with Gasteiger partial charge in [-0.25, -0.2) is 4.79 Å². The van der Waals surface area contributed by atoms with Crippen LogP contribution >= 0.6 is 0 Å². The predicted octanol–water partition coefficient (Wildman–Crippen LogP) is 7.25. The van der Waals surface area contributed by atoms with Crippen molar-refractivity contribution in [3.8, 4) is 11.1 Å². The summed E-state index contributed by atoms with van der Waals surface area (Å²) in [5.41, 5.74) is 4.80. The highest BCUT2D eigenvalue weighted by Crippen LogP contribution is 2.39. The summed E-state index contributed by atoms with van der Waals surface area (Å²) in [4.78, 5) is 11.3. The van der Waals surface area contributed by atoms with Gasteiger partial charge in [0, 0.05) is 31.9 Å². The fourth-order valence-electron chi connectivity index (χ4n) is 5.13. The van der Waals surface area contributed by atoms with Crippen molar-refractivity contribution >= 4 is 20.8 Å². The van der Waals surface area contributed by atoms with E-state index in [0.29, 0.717) is 25.7 Å². The van der Waals surface area contributed by atoms with Gasteiger partial charge in [-0.15, -0.1) is 0 Å². The van der Waals surface area contributed by atoms with Crippen LogP contribution in [0.4, 0.5) is 0 Å². The molecule has 0 radical (unpaired) electrons. The molecular formula is C30H42O5Si. The van der Waals surface area contributed by atoms with Crippen molar-refractivity contribution in [1.82, 2.24) is 0 Å². The average molecular weight is 511 g/mol. The fraction of sp³-hybridized carbons (Fsp3) is 0.500. The molecule has 0 N–H and O–H groups in total. The molecule has 0 atom stereocenters. The number of methoxy groups -OCH3 is 1. The third-order valence-electron chi connectivity index (χ3n) is 7.04. The van der Waals surface area contributed by atoms with E-state index in [-0.39, 0.29) is 5.97 Å². The van der Waals surface area contributed by atoms with Gasteiger partial charge in [0.2, 0.25) is 0 Å². The van der Waals surface area contributed by atoms with Gasteiger partial charge in [0.15, 0.2) is 0 Å². The molecule has 0 spiro atoms. The molecule has 196 valence electrons. The Kier molecular flexibility index (Phi) is 11.4. The lowest BCUT2D eigenvalue weighted by molar-refractivity contribution is -0.134. The van der Waals surface area contributed by atoms with Crippen molar-refractivity contribution in [3.63, 3.8) is 0 Å². The first-order chi connectivity index (χ1) is 17.5. The van der Waals surface area contributed by atoms with Crippen LogP contribution in [0.25, 0.3) is 17.2 Å². The molecule has 2 aromatic rings. The van der Waals surface area contributed by atoms with Crippen LogP contribution < -0.4 is 0 Å². The zero-order chi connectivity index (χ0) is 25.8. The number of carbonyl (C=O) groups is 1. The summed E-state index contributed by atoms with van der Waals surface area (Å²) in [6.07, 6.45) is 9.30. The molecule has 0 heterocycles. The average Bonchev–Trinajstić information content (AvgIpc) is 2.92. The first kappa shape index (κ1) is 28.3. The third-order valence-corrected chi connectivity index (χ3v) is 10.1. The number of rotatable bonds is 13. The first-order valence-electron chi connectivity index (χ1n) is 13.4. The van der Waals surface area contributed by atoms with Gasteiger partial charge in [0.1, 0.15) is 0 Å². The minimum absolute atomic E-state index is 0.347. The molecule has 36 heavy (non-hydrogen) atoms. The lowest BCUT2D eigenvalue weighted by Crippen LogP contribution is -2.46. The number of benzene rings is 2. The van der Waals surface area contributed by atoms with Crippen molar-refractivity contribution in [2.24, 2.45) is 5.92 Å². The molecule has 0 amide bonds. The molecule has 1 aliphatic rings. The Labute approximate surface area is 218 Å². The molecule has 1 saturated carbocycles. The van der Waals surface area contributed by atoms with Gasteiger partial charge in [-0.3, -0.25) is 0 Å². The summed E-state index contributed by atoms with van der Waals surface area (Å²) in [5.74, 6) is 1.01. The molecule has 1 aliphatic carbocycles. The zero-order valence-corrected chi connectivity index (χ0v) is 23.3. The van der Waals surface area contributed by atoms with Crippen LogP contribution in [-0.2, 0) is 22.8 Å². The highest BCUT2D eigenvalue weighted by molar-refractivity contribution is 6.60. The van der Waals surface area contributed by atoms with Crippen LogP contribution in [0.1, 0.15) is 69.9 Å². The van der Waals surface area contributed by atoms with E-state index < -0.39 is 8.80 Å². The molecule has 0 unspecified atom stereocenters. The van der Waals surface area contributed by atoms with Crippen molar-refractivity contribution in [2.45, 2.75) is 64.8 Å². The molecule has 0 aliphatic heterocycles. The van der Waals surface area contributed by atoms with Crippen molar-refractivity contribution in [1.29, 1.82) is 0 Å². The van der Waals surface area contributed by atoms with Crippen LogP contribution in [-0.4, -0.2) is 41.7 Å². The number of esters is 1. The van der Waals surface area contributed by atoms with E-state index in [1.54, 1.807) is 6.08 Å². The van der Waals surface area contributed by atoms with E-state index in [4.69, 9.17) is 13.3 Å². The van der Waals surface area contributed by atoms with Crippen LogP contribution in [0.15, 0.2) is 54.6 Å². The van der Waals surface area contributed by atoms with Crippen molar-refractivity contribution < 1.29 is 22.8 Å². The topological polar surface area (TPSA) is 54.0 Å². The second kappa shape index (κ2) is 14.5. The maximum Gasteiger partial charge on any atom is 0.500 e. The summed E-state index contributed by atoms with van der Waals surface area (Å²) >= 11 is 0. The summed E-state index contributed by atoms with van der Waals surface area (Å²) < 4.78 is 22.8. The Bertz CT molecular complexity index is 929. The molecular weight excluding hydrogens is 468 g/mol. The SMILES string of the molecule is CCO[Si](CCC1CCC(c2ccc(-c3ccc(C=CC(=O)OC)cc3)cc2)CC1)(OCC)OCC. The van der Waals surface area contributed by atoms with Gasteiger partial charge < -0.3 is 18.0 Å². The lowest BCUT2D eigenvalue weighted by atomic mass is 9.77. The summed E-state index contributed by atoms with van der Waals surface area (Å²) in [5, 5.41) is 0. The van der Waals surface area contributed by atoms with E-state index in [9.17, 15) is 4.79 Å². The lowest BCUT2D eigenvalue weighted by Gasteiger charge is -2.32. The van der Waals surface area contributed by atoms with Crippen LogP contribution in [0.3, 0.4) is 0 Å². The standard InChI is InChI=1S/C30H42O5Si/c1-5-33-36(34-6-2,35-7-3)23-22-25-10-15-27(16-11-25)29-19-17-28(18-20-29)26-13-8-24(9-14-26)12-21-30(31)32-4/h8-9,12-14,17-21,25,27H,5-7,10-11,15-16,22-23H2,1-4H3. The van der Waals surface area contributed by atoms with Crippen molar-refractivity contribution in [2.75, 3.05) is 26.9 Å². The quantitative estimate of drug-likeness (QED) is 0.161. The normalized spacial score (nSPS) is 18.4. The molecule has 5 nitrogen and oxygen atoms in total. The minimum atomic E-state index is -2.54. The fourth-order valence-corrected chi connectivity index (χ4v) is 7.90. The van der Waals surface area contributed by atoms with Crippen LogP contribution in [0, 0.1) is 5.92 Å². The highest BCUT2D eigenvalue weighted by atomic mass is 28.4. The molecule has 6 heteroatoms. The van der Waals surface area contributed by atoms with Gasteiger partial charge in [-0.05, 0) is 93.0 Å². The smallest absolute Gasteiger partial charge is 0.466 e. The summed E-state index contributed by atoms with van der Waals surface area (Å²) in [6, 6.07) is 18.2. The molecule has 0 saturated heterocycles. The van der Waals surface area contributed by atoms with Crippen molar-refractivity contribution in [3.05, 3.63) is 65.7 Å². The number of hydrogen-bond acceptors (Lipinski definition) is 5. The van der Waals surface area contributed by atoms with Gasteiger partial charge in [-0.1, -0.05) is 48.5 Å². The van der Waals surface area contributed by atoms with E-state index in [1.807, 2.05) is 32.9 Å². The van der Waals surface area contributed by atoms with E-state index in [2.05, 4.69) is 41.1 Å². The molecule has 1 fully saturated rings. The summed E-state index contributed by atoms with van der Waals surface area (Å²) in [6.45, 7) is 8.01. The third kappa shape index (κ3) is 8.13. The first-order valence-corrected chi connectivity index (χ1v) is 15.3. The second-order valence-electron chi connectivity index (χ2n) is 9.34. The number of hydrogen-bond donors (Lipinski definition) is 0. The van der Waals surface area contributed by atoms with Crippen LogP contribution in [0.5, 0.6) is 0 Å². The Balaban J connectivity index is 1.52. The molecule has 0 bridgehead atoms. The van der Waals surface area contributed by atoms with Gasteiger partial charge >= 0.3 is 14.8 Å². The Morgan fingerprint density at radius 1 is 0.833 bits per heavy atom. The van der Waals surface area contributed by atoms with Gasteiger partial charge in [0.25, 0.3) is 0 Å². The highest BCUT2D eigenvalue weighted by Gasteiger charge is 2.40. The largest absolute Gasteiger partial charge is 0.500 e. The maximum absolute atomic E-state index is 11.3. The van der Waals surface area contributed by atoms with Gasteiger partial charge in [-0.2, -0.15) is 0 Å². The van der Waals surface area contributed by atoms with E-state index in [1.165, 1.54) is 55.6 Å². The number of carbonyl (C=O) groups excluding carboxylic acids is 1. The van der Waals surface area contributed by atoms with Gasteiger partial charge in [0.05, 0.1) is 7.11 Å². The maximum atomic E-state index is 11.3. The van der Waals surface area contributed by atoms with Crippen LogP contribution in [0.2, 0.25) is 6.04 Å².